The minimum absolute atomic E-state index is 0.0550. The molecule has 0 radical (unpaired) electrons. The highest BCUT2D eigenvalue weighted by atomic mass is 35.5. The van der Waals surface area contributed by atoms with Gasteiger partial charge in [-0.2, -0.15) is 0 Å². The lowest BCUT2D eigenvalue weighted by atomic mass is 10.1. The Balaban J connectivity index is 2.02. The zero-order valence-electron chi connectivity index (χ0n) is 12.4. The SMILES string of the molecule is O=C(Cc1ccc(F)c(F)c1)N[C@H](Cc1cccc(Cl)c1)C(=O)O. The Morgan fingerprint density at radius 1 is 1.08 bits per heavy atom. The Morgan fingerprint density at radius 3 is 2.46 bits per heavy atom. The second-order valence-electron chi connectivity index (χ2n) is 5.22. The monoisotopic (exact) mass is 353 g/mol. The minimum atomic E-state index is -1.20. The lowest BCUT2D eigenvalue weighted by molar-refractivity contribution is -0.141. The van der Waals surface area contributed by atoms with Crippen LogP contribution < -0.4 is 5.32 Å². The standard InChI is InChI=1S/C17H14ClF2NO3/c18-12-3-1-2-10(6-12)8-15(17(23)24)21-16(22)9-11-4-5-13(19)14(20)7-11/h1-7,15H,8-9H2,(H,21,22)(H,23,24)/t15-/m1/s1. The summed E-state index contributed by atoms with van der Waals surface area (Å²) in [5, 5.41) is 12.1. The molecule has 2 aromatic rings. The number of carboxylic acid groups (broad SMARTS) is 1. The predicted octanol–water partition coefficient (Wildman–Crippen LogP) is 2.97. The maximum atomic E-state index is 13.1. The van der Waals surface area contributed by atoms with E-state index in [1.54, 1.807) is 24.3 Å². The molecule has 1 atom stereocenters. The molecule has 0 unspecified atom stereocenters. The van der Waals surface area contributed by atoms with Crippen LogP contribution in [0.4, 0.5) is 8.78 Å². The fourth-order valence-corrected chi connectivity index (χ4v) is 2.39. The Bertz CT molecular complexity index is 767. The van der Waals surface area contributed by atoms with E-state index in [2.05, 4.69) is 5.32 Å². The molecule has 0 saturated heterocycles. The lowest BCUT2D eigenvalue weighted by Crippen LogP contribution is -2.43. The fraction of sp³-hybridized carbons (Fsp3) is 0.176. The van der Waals surface area contributed by atoms with Gasteiger partial charge in [0.15, 0.2) is 11.6 Å². The molecule has 0 aliphatic rings. The van der Waals surface area contributed by atoms with E-state index in [4.69, 9.17) is 11.6 Å². The molecular weight excluding hydrogens is 340 g/mol. The first-order valence-electron chi connectivity index (χ1n) is 7.05. The summed E-state index contributed by atoms with van der Waals surface area (Å²) in [6.07, 6.45) is -0.198. The van der Waals surface area contributed by atoms with E-state index in [1.807, 2.05) is 0 Å². The maximum Gasteiger partial charge on any atom is 0.326 e. The predicted molar refractivity (Wildman–Crippen MR) is 84.8 cm³/mol. The van der Waals surface area contributed by atoms with E-state index in [0.29, 0.717) is 10.6 Å². The first-order chi connectivity index (χ1) is 11.3. The van der Waals surface area contributed by atoms with Crippen LogP contribution in [0, 0.1) is 11.6 Å². The summed E-state index contributed by atoms with van der Waals surface area (Å²) in [5.74, 6) is -3.87. The molecule has 0 bridgehead atoms. The number of rotatable bonds is 6. The smallest absolute Gasteiger partial charge is 0.326 e. The number of aliphatic carboxylic acids is 1. The van der Waals surface area contributed by atoms with Crippen LogP contribution in [-0.2, 0) is 22.4 Å². The molecule has 0 fully saturated rings. The summed E-state index contributed by atoms with van der Waals surface area (Å²) < 4.78 is 26.0. The third-order valence-corrected chi connectivity index (χ3v) is 3.55. The molecule has 1 amide bonds. The number of benzene rings is 2. The topological polar surface area (TPSA) is 66.4 Å². The third-order valence-electron chi connectivity index (χ3n) is 3.31. The quantitative estimate of drug-likeness (QED) is 0.839. The molecule has 2 rings (SSSR count). The van der Waals surface area contributed by atoms with Crippen LogP contribution in [0.2, 0.25) is 5.02 Å². The summed E-state index contributed by atoms with van der Waals surface area (Å²) in [4.78, 5) is 23.3. The second-order valence-corrected chi connectivity index (χ2v) is 5.65. The van der Waals surface area contributed by atoms with Crippen LogP contribution >= 0.6 is 11.6 Å². The van der Waals surface area contributed by atoms with Gasteiger partial charge in [0, 0.05) is 11.4 Å². The van der Waals surface area contributed by atoms with Crippen molar-refractivity contribution in [1.29, 1.82) is 0 Å². The van der Waals surface area contributed by atoms with Crippen molar-refractivity contribution >= 4 is 23.5 Å². The van der Waals surface area contributed by atoms with Crippen molar-refractivity contribution in [2.45, 2.75) is 18.9 Å². The molecule has 2 aromatic carbocycles. The molecule has 4 nitrogen and oxygen atoms in total. The van der Waals surface area contributed by atoms with Crippen LogP contribution in [0.15, 0.2) is 42.5 Å². The summed E-state index contributed by atoms with van der Waals surface area (Å²) in [5.41, 5.74) is 0.904. The number of hydrogen-bond acceptors (Lipinski definition) is 2. The van der Waals surface area contributed by atoms with E-state index in [9.17, 15) is 23.5 Å². The van der Waals surface area contributed by atoms with Gasteiger partial charge in [0.2, 0.25) is 5.91 Å². The highest BCUT2D eigenvalue weighted by Crippen LogP contribution is 2.13. The number of carboxylic acids is 1. The van der Waals surface area contributed by atoms with Crippen molar-refractivity contribution < 1.29 is 23.5 Å². The molecule has 0 saturated carbocycles. The fourth-order valence-electron chi connectivity index (χ4n) is 2.18. The number of amides is 1. The zero-order valence-corrected chi connectivity index (χ0v) is 13.2. The van der Waals surface area contributed by atoms with Crippen LogP contribution in [0.3, 0.4) is 0 Å². The van der Waals surface area contributed by atoms with E-state index < -0.39 is 29.6 Å². The summed E-state index contributed by atoms with van der Waals surface area (Å²) in [6.45, 7) is 0. The summed E-state index contributed by atoms with van der Waals surface area (Å²) in [7, 11) is 0. The number of nitrogens with one attached hydrogen (secondary N) is 1. The Hall–Kier alpha value is -2.47. The maximum absolute atomic E-state index is 13.1. The van der Waals surface area contributed by atoms with Gasteiger partial charge in [0.25, 0.3) is 0 Å². The summed E-state index contributed by atoms with van der Waals surface area (Å²) in [6, 6.07) is 8.58. The molecule has 0 spiro atoms. The average Bonchev–Trinajstić information content (AvgIpc) is 2.50. The molecule has 0 aliphatic carbocycles. The van der Waals surface area contributed by atoms with E-state index in [-0.39, 0.29) is 18.4 Å². The number of carbonyl (C=O) groups is 2. The molecule has 0 aliphatic heterocycles. The normalized spacial score (nSPS) is 11.8. The first kappa shape index (κ1) is 17.9. The van der Waals surface area contributed by atoms with Crippen molar-refractivity contribution in [2.75, 3.05) is 0 Å². The number of halogens is 3. The Kier molecular flexibility index (Phi) is 5.87. The van der Waals surface area contributed by atoms with Crippen LogP contribution in [0.1, 0.15) is 11.1 Å². The van der Waals surface area contributed by atoms with Crippen molar-refractivity contribution in [3.05, 3.63) is 70.2 Å². The Morgan fingerprint density at radius 2 is 1.83 bits per heavy atom. The molecule has 24 heavy (non-hydrogen) atoms. The molecule has 7 heteroatoms. The van der Waals surface area contributed by atoms with Crippen LogP contribution in [-0.4, -0.2) is 23.0 Å². The van der Waals surface area contributed by atoms with Gasteiger partial charge in [-0.25, -0.2) is 13.6 Å². The second kappa shape index (κ2) is 7.88. The third kappa shape index (κ3) is 5.03. The van der Waals surface area contributed by atoms with E-state index >= 15 is 0 Å². The summed E-state index contributed by atoms with van der Waals surface area (Å²) >= 11 is 5.85. The van der Waals surface area contributed by atoms with Crippen LogP contribution in [0.25, 0.3) is 0 Å². The Labute approximate surface area is 142 Å². The highest BCUT2D eigenvalue weighted by molar-refractivity contribution is 6.30. The van der Waals surface area contributed by atoms with Gasteiger partial charge in [-0.05, 0) is 35.4 Å². The largest absolute Gasteiger partial charge is 0.480 e. The van der Waals surface area contributed by atoms with Gasteiger partial charge in [-0.1, -0.05) is 29.8 Å². The van der Waals surface area contributed by atoms with Gasteiger partial charge in [0.05, 0.1) is 6.42 Å². The van der Waals surface area contributed by atoms with Gasteiger partial charge in [-0.15, -0.1) is 0 Å². The lowest BCUT2D eigenvalue weighted by Gasteiger charge is -2.15. The van der Waals surface area contributed by atoms with Crippen molar-refractivity contribution in [3.63, 3.8) is 0 Å². The van der Waals surface area contributed by atoms with Gasteiger partial charge < -0.3 is 10.4 Å². The molecule has 126 valence electrons. The molecular formula is C17H14ClF2NO3. The van der Waals surface area contributed by atoms with Crippen molar-refractivity contribution in [1.82, 2.24) is 5.32 Å². The first-order valence-corrected chi connectivity index (χ1v) is 7.43. The number of carbonyl (C=O) groups excluding carboxylic acids is 1. The minimum Gasteiger partial charge on any atom is -0.480 e. The van der Waals surface area contributed by atoms with Crippen LogP contribution in [0.5, 0.6) is 0 Å². The average molecular weight is 354 g/mol. The van der Waals surface area contributed by atoms with Crippen molar-refractivity contribution in [2.24, 2.45) is 0 Å². The highest BCUT2D eigenvalue weighted by Gasteiger charge is 2.20. The van der Waals surface area contributed by atoms with E-state index in [1.165, 1.54) is 6.07 Å². The van der Waals surface area contributed by atoms with E-state index in [0.717, 1.165) is 12.1 Å². The zero-order chi connectivity index (χ0) is 17.7. The number of hydrogen-bond donors (Lipinski definition) is 2. The molecule has 0 aromatic heterocycles. The molecule has 0 heterocycles. The van der Waals surface area contributed by atoms with Gasteiger partial charge in [0.1, 0.15) is 6.04 Å². The van der Waals surface area contributed by atoms with Gasteiger partial charge in [-0.3, -0.25) is 4.79 Å². The molecule has 2 N–H and O–H groups in total. The van der Waals surface area contributed by atoms with Gasteiger partial charge >= 0.3 is 5.97 Å². The van der Waals surface area contributed by atoms with Crippen molar-refractivity contribution in [3.8, 4) is 0 Å².